The molecular weight excluding hydrogens is 688 g/mol. The Kier molecular flexibility index (Phi) is 7.07. The van der Waals surface area contributed by atoms with Gasteiger partial charge in [0.25, 0.3) is 0 Å². The Labute approximate surface area is 159 Å². The second-order valence-corrected chi connectivity index (χ2v) is 14.3. The molecular formula is C14H10Br4Hg. The predicted octanol–water partition coefficient (Wildman–Crippen LogP) is 6.52. The van der Waals surface area contributed by atoms with Crippen molar-refractivity contribution in [3.8, 4) is 0 Å². The molecule has 0 bridgehead atoms. The number of rotatable bonds is 4. The Morgan fingerprint density at radius 2 is 0.947 bits per heavy atom. The summed E-state index contributed by atoms with van der Waals surface area (Å²) in [6, 6.07) is 12.6. The summed E-state index contributed by atoms with van der Waals surface area (Å²) >= 11 is 13.6. The molecule has 2 aromatic carbocycles. The fraction of sp³-hybridized carbons (Fsp3) is 0.143. The van der Waals surface area contributed by atoms with E-state index in [1.54, 1.807) is 0 Å². The Morgan fingerprint density at radius 3 is 1.26 bits per heavy atom. The number of halogens is 4. The molecule has 0 N–H and O–H groups in total. The molecule has 2 aromatic rings. The zero-order chi connectivity index (χ0) is 13.8. The first kappa shape index (κ1) is 16.7. The Hall–Kier alpha value is 1.30. The van der Waals surface area contributed by atoms with Crippen molar-refractivity contribution in [3.05, 3.63) is 65.4 Å². The third kappa shape index (κ3) is 4.63. The van der Waals surface area contributed by atoms with Crippen LogP contribution < -0.4 is 0 Å². The fourth-order valence-electron chi connectivity index (χ4n) is 1.98. The van der Waals surface area contributed by atoms with Gasteiger partial charge in [0.05, 0.1) is 0 Å². The molecule has 2 rings (SSSR count). The van der Waals surface area contributed by atoms with Crippen molar-refractivity contribution in [1.82, 2.24) is 0 Å². The Balaban J connectivity index is 2.05. The maximum absolute atomic E-state index is 3.65. The maximum atomic E-state index is 3.65. The van der Waals surface area contributed by atoms with E-state index < -0.39 is 24.6 Å². The van der Waals surface area contributed by atoms with Crippen LogP contribution in [0.2, 0.25) is 0 Å². The average Bonchev–Trinajstić information content (AvgIpc) is 2.36. The fourth-order valence-corrected chi connectivity index (χ4v) is 18.1. The van der Waals surface area contributed by atoms with Gasteiger partial charge in [-0.1, -0.05) is 0 Å². The summed E-state index contributed by atoms with van der Waals surface area (Å²) < 4.78 is 7.47. The molecule has 96 valence electrons. The van der Waals surface area contributed by atoms with Gasteiger partial charge in [-0.15, -0.1) is 0 Å². The molecule has 0 aliphatic carbocycles. The van der Waals surface area contributed by atoms with E-state index in [0.717, 1.165) is 0 Å². The van der Waals surface area contributed by atoms with Gasteiger partial charge in [-0.05, 0) is 0 Å². The molecule has 0 heterocycles. The topological polar surface area (TPSA) is 0 Å². The van der Waals surface area contributed by atoms with Gasteiger partial charge in [0, 0.05) is 0 Å². The van der Waals surface area contributed by atoms with Gasteiger partial charge in [-0.25, -0.2) is 0 Å². The molecule has 0 nitrogen and oxygen atoms in total. The summed E-state index contributed by atoms with van der Waals surface area (Å²) in [5.74, 6) is 0. The molecule has 0 saturated heterocycles. The molecule has 0 fully saturated rings. The zero-order valence-corrected chi connectivity index (χ0v) is 21.9. The minimum absolute atomic E-state index is 0.973. The van der Waals surface area contributed by atoms with E-state index in [1.807, 2.05) is 0 Å². The van der Waals surface area contributed by atoms with Crippen molar-refractivity contribution in [2.45, 2.75) is 7.86 Å². The van der Waals surface area contributed by atoms with Gasteiger partial charge in [0.15, 0.2) is 0 Å². The van der Waals surface area contributed by atoms with Crippen LogP contribution in [0.4, 0.5) is 0 Å². The molecule has 0 atom stereocenters. The second-order valence-electron chi connectivity index (χ2n) is 4.25. The molecule has 0 saturated carbocycles. The average molecular weight is 698 g/mol. The molecule has 0 aromatic heterocycles. The van der Waals surface area contributed by atoms with E-state index in [2.05, 4.69) is 100 Å². The van der Waals surface area contributed by atoms with Crippen LogP contribution in [0, 0.1) is 0 Å². The summed E-state index contributed by atoms with van der Waals surface area (Å²) in [5.41, 5.74) is 2.87. The van der Waals surface area contributed by atoms with Gasteiger partial charge in [0.2, 0.25) is 0 Å². The molecule has 0 radical (unpaired) electrons. The molecule has 0 unspecified atom stereocenters. The molecule has 5 heteroatoms. The van der Waals surface area contributed by atoms with Crippen molar-refractivity contribution >= 4 is 63.7 Å². The summed E-state index contributed by atoms with van der Waals surface area (Å²) in [6.07, 6.45) is 0. The van der Waals surface area contributed by atoms with Crippen LogP contribution in [0.5, 0.6) is 0 Å². The van der Waals surface area contributed by atoms with Crippen LogP contribution in [0.25, 0.3) is 0 Å². The van der Waals surface area contributed by atoms with Crippen molar-refractivity contribution in [2.75, 3.05) is 0 Å². The molecule has 0 spiro atoms. The first-order chi connectivity index (χ1) is 9.09. The van der Waals surface area contributed by atoms with Crippen LogP contribution in [0.3, 0.4) is 0 Å². The van der Waals surface area contributed by atoms with Crippen LogP contribution in [-0.4, -0.2) is 0 Å². The van der Waals surface area contributed by atoms with Crippen LogP contribution in [0.1, 0.15) is 11.1 Å². The van der Waals surface area contributed by atoms with Crippen molar-refractivity contribution in [1.29, 1.82) is 0 Å². The zero-order valence-electron chi connectivity index (χ0n) is 10.1. The molecule has 0 aliphatic heterocycles. The SMILES string of the molecule is Brc1cccc(Br)c1[CH2][Hg][CH2]c1c(Br)cccc1Br. The first-order valence-electron chi connectivity index (χ1n) is 5.95. The molecule has 19 heavy (non-hydrogen) atoms. The van der Waals surface area contributed by atoms with E-state index in [0.29, 0.717) is 0 Å². The number of hydrogen-bond acceptors (Lipinski definition) is 0. The quantitative estimate of drug-likeness (QED) is 0.320. The van der Waals surface area contributed by atoms with Crippen LogP contribution >= 0.6 is 63.7 Å². The van der Waals surface area contributed by atoms with Gasteiger partial charge < -0.3 is 0 Å². The van der Waals surface area contributed by atoms with E-state index in [4.69, 9.17) is 0 Å². The van der Waals surface area contributed by atoms with Gasteiger partial charge in [-0.2, -0.15) is 0 Å². The molecule has 0 aliphatic rings. The Bertz CT molecular complexity index is 492. The summed E-state index contributed by atoms with van der Waals surface area (Å²) in [5, 5.41) is 0. The van der Waals surface area contributed by atoms with Gasteiger partial charge in [0.1, 0.15) is 0 Å². The summed E-state index contributed by atoms with van der Waals surface area (Å²) in [6.45, 7) is 0. The van der Waals surface area contributed by atoms with Crippen LogP contribution in [0.15, 0.2) is 54.3 Å². The van der Waals surface area contributed by atoms with E-state index in [-0.39, 0.29) is 0 Å². The monoisotopic (exact) mass is 696 g/mol. The van der Waals surface area contributed by atoms with Crippen molar-refractivity contribution in [3.63, 3.8) is 0 Å². The predicted molar refractivity (Wildman–Crippen MR) is 91.1 cm³/mol. The van der Waals surface area contributed by atoms with E-state index in [9.17, 15) is 0 Å². The minimum atomic E-state index is -0.973. The van der Waals surface area contributed by atoms with Gasteiger partial charge in [-0.3, -0.25) is 0 Å². The second kappa shape index (κ2) is 8.07. The molecule has 0 amide bonds. The standard InChI is InChI=1S/2C7H5Br2.Hg/c2*1-5-6(8)3-2-4-7(5)9;/h2*2-4H,1H2;. The van der Waals surface area contributed by atoms with Gasteiger partial charge >= 0.3 is 162 Å². The number of hydrogen-bond donors (Lipinski definition) is 0. The van der Waals surface area contributed by atoms with E-state index >= 15 is 0 Å². The summed E-state index contributed by atoms with van der Waals surface area (Å²) in [4.78, 5) is 0. The van der Waals surface area contributed by atoms with Crippen molar-refractivity contribution in [2.24, 2.45) is 0 Å². The van der Waals surface area contributed by atoms with Crippen molar-refractivity contribution < 1.29 is 24.6 Å². The van der Waals surface area contributed by atoms with Crippen LogP contribution in [-0.2, 0) is 32.4 Å². The normalized spacial score (nSPS) is 10.3. The third-order valence-electron chi connectivity index (χ3n) is 2.98. The Morgan fingerprint density at radius 1 is 0.632 bits per heavy atom. The summed E-state index contributed by atoms with van der Waals surface area (Å²) in [7, 11) is 0. The number of benzene rings is 2. The first-order valence-corrected chi connectivity index (χ1v) is 16.9. The third-order valence-corrected chi connectivity index (χ3v) is 12.6. The van der Waals surface area contributed by atoms with E-state index in [1.165, 1.54) is 36.9 Å².